The van der Waals surface area contributed by atoms with Crippen molar-refractivity contribution in [3.63, 3.8) is 0 Å². The molecule has 0 radical (unpaired) electrons. The lowest BCUT2D eigenvalue weighted by Crippen LogP contribution is -1.93. The van der Waals surface area contributed by atoms with Crippen molar-refractivity contribution in [1.82, 2.24) is 0 Å². The Hall–Kier alpha value is -1.04. The highest BCUT2D eigenvalue weighted by atomic mass is 14.1. The van der Waals surface area contributed by atoms with E-state index < -0.39 is 0 Å². The van der Waals surface area contributed by atoms with Gasteiger partial charge in [0.1, 0.15) is 0 Å². The van der Waals surface area contributed by atoms with E-state index in [2.05, 4.69) is 44.7 Å². The van der Waals surface area contributed by atoms with Gasteiger partial charge in [-0.05, 0) is 23.5 Å². The second-order valence-corrected chi connectivity index (χ2v) is 3.14. The summed E-state index contributed by atoms with van der Waals surface area (Å²) in [6.07, 6.45) is 3.12. The van der Waals surface area contributed by atoms with Crippen LogP contribution in [0.25, 0.3) is 6.08 Å². The van der Waals surface area contributed by atoms with Crippen molar-refractivity contribution in [3.8, 4) is 0 Å². The first-order valence-corrected chi connectivity index (χ1v) is 4.51. The van der Waals surface area contributed by atoms with Gasteiger partial charge in [0, 0.05) is 0 Å². The molecule has 0 amide bonds. The Balaban J connectivity index is 3.04. The Morgan fingerprint density at radius 2 is 2.08 bits per heavy atom. The predicted molar refractivity (Wildman–Crippen MR) is 55.2 cm³/mol. The summed E-state index contributed by atoms with van der Waals surface area (Å²) in [6.45, 7) is 8.27. The summed E-state index contributed by atoms with van der Waals surface area (Å²) in [5, 5.41) is 0. The molecule has 12 heavy (non-hydrogen) atoms. The van der Waals surface area contributed by atoms with Crippen LogP contribution in [0.4, 0.5) is 0 Å². The summed E-state index contributed by atoms with van der Waals surface area (Å²) < 4.78 is 0. The minimum absolute atomic E-state index is 0.638. The average molecular weight is 160 g/mol. The second kappa shape index (κ2) is 4.10. The number of benzene rings is 1. The minimum Gasteiger partial charge on any atom is -0.0985 e. The van der Waals surface area contributed by atoms with E-state index >= 15 is 0 Å². The molecule has 0 aliphatic heterocycles. The number of hydrogen-bond acceptors (Lipinski definition) is 0. The molecule has 64 valence electrons. The largest absolute Gasteiger partial charge is 0.0985 e. The standard InChI is InChI=1S/C12H16/c1-4-10(3)12-9-7-6-8-11(12)5-2/h5-10H,2,4H2,1,3H3. The monoisotopic (exact) mass is 160 g/mol. The molecule has 0 bridgehead atoms. The molecule has 0 nitrogen and oxygen atoms in total. The van der Waals surface area contributed by atoms with E-state index in [9.17, 15) is 0 Å². The fourth-order valence-electron chi connectivity index (χ4n) is 1.37. The lowest BCUT2D eigenvalue weighted by molar-refractivity contribution is 0.732. The Bertz CT molecular complexity index is 260. The van der Waals surface area contributed by atoms with E-state index in [0.717, 1.165) is 0 Å². The predicted octanol–water partition coefficient (Wildman–Crippen LogP) is 3.84. The quantitative estimate of drug-likeness (QED) is 0.630. The van der Waals surface area contributed by atoms with E-state index in [0.29, 0.717) is 5.92 Å². The highest BCUT2D eigenvalue weighted by molar-refractivity contribution is 5.52. The third-order valence-corrected chi connectivity index (χ3v) is 2.36. The highest BCUT2D eigenvalue weighted by Gasteiger charge is 2.04. The normalized spacial score (nSPS) is 12.5. The molecule has 0 aliphatic carbocycles. The van der Waals surface area contributed by atoms with Gasteiger partial charge in [-0.1, -0.05) is 50.8 Å². The van der Waals surface area contributed by atoms with Crippen LogP contribution in [0.15, 0.2) is 30.8 Å². The van der Waals surface area contributed by atoms with Crippen molar-refractivity contribution in [2.45, 2.75) is 26.2 Å². The van der Waals surface area contributed by atoms with Gasteiger partial charge >= 0.3 is 0 Å². The van der Waals surface area contributed by atoms with Gasteiger partial charge < -0.3 is 0 Å². The second-order valence-electron chi connectivity index (χ2n) is 3.14. The molecule has 0 fully saturated rings. The van der Waals surface area contributed by atoms with Crippen molar-refractivity contribution in [2.24, 2.45) is 0 Å². The molecule has 1 rings (SSSR count). The summed E-state index contributed by atoms with van der Waals surface area (Å²) in [6, 6.07) is 8.46. The van der Waals surface area contributed by atoms with Gasteiger partial charge in [-0.3, -0.25) is 0 Å². The zero-order valence-electron chi connectivity index (χ0n) is 7.88. The van der Waals surface area contributed by atoms with Crippen LogP contribution in [0.1, 0.15) is 37.3 Å². The Morgan fingerprint density at radius 3 is 2.67 bits per heavy atom. The van der Waals surface area contributed by atoms with Crippen molar-refractivity contribution in [2.75, 3.05) is 0 Å². The van der Waals surface area contributed by atoms with Crippen LogP contribution in [0.2, 0.25) is 0 Å². The molecule has 1 unspecified atom stereocenters. The molecule has 1 atom stereocenters. The highest BCUT2D eigenvalue weighted by Crippen LogP contribution is 2.22. The van der Waals surface area contributed by atoms with Crippen molar-refractivity contribution >= 4 is 6.08 Å². The van der Waals surface area contributed by atoms with E-state index in [4.69, 9.17) is 0 Å². The molecule has 0 aromatic heterocycles. The molecule has 0 aliphatic rings. The number of rotatable bonds is 3. The van der Waals surface area contributed by atoms with Crippen LogP contribution in [0, 0.1) is 0 Å². The lowest BCUT2D eigenvalue weighted by Gasteiger charge is -2.11. The first kappa shape index (κ1) is 9.05. The molecule has 1 aromatic carbocycles. The minimum atomic E-state index is 0.638. The van der Waals surface area contributed by atoms with Gasteiger partial charge in [-0.25, -0.2) is 0 Å². The first-order chi connectivity index (χ1) is 5.79. The third-order valence-electron chi connectivity index (χ3n) is 2.36. The molecular formula is C12H16. The van der Waals surface area contributed by atoms with Crippen LogP contribution in [-0.4, -0.2) is 0 Å². The summed E-state index contributed by atoms with van der Waals surface area (Å²) in [4.78, 5) is 0. The summed E-state index contributed by atoms with van der Waals surface area (Å²) in [5.74, 6) is 0.638. The van der Waals surface area contributed by atoms with E-state index in [1.807, 2.05) is 6.08 Å². The molecule has 0 heterocycles. The Morgan fingerprint density at radius 1 is 1.42 bits per heavy atom. The fourth-order valence-corrected chi connectivity index (χ4v) is 1.37. The fraction of sp³-hybridized carbons (Fsp3) is 0.333. The topological polar surface area (TPSA) is 0 Å². The van der Waals surface area contributed by atoms with Gasteiger partial charge in [0.25, 0.3) is 0 Å². The first-order valence-electron chi connectivity index (χ1n) is 4.51. The zero-order chi connectivity index (χ0) is 8.97. The van der Waals surface area contributed by atoms with Crippen molar-refractivity contribution < 1.29 is 0 Å². The van der Waals surface area contributed by atoms with Gasteiger partial charge in [0.05, 0.1) is 0 Å². The molecule has 0 spiro atoms. The van der Waals surface area contributed by atoms with Crippen molar-refractivity contribution in [1.29, 1.82) is 0 Å². The Labute approximate surface area is 74.9 Å². The molecule has 0 heteroatoms. The van der Waals surface area contributed by atoms with Crippen LogP contribution in [0.3, 0.4) is 0 Å². The molecule has 0 N–H and O–H groups in total. The van der Waals surface area contributed by atoms with E-state index in [-0.39, 0.29) is 0 Å². The maximum Gasteiger partial charge on any atom is -0.0187 e. The molecular weight excluding hydrogens is 144 g/mol. The number of hydrogen-bond donors (Lipinski definition) is 0. The van der Waals surface area contributed by atoms with Gasteiger partial charge in [0.2, 0.25) is 0 Å². The molecule has 1 aromatic rings. The maximum absolute atomic E-state index is 3.81. The van der Waals surface area contributed by atoms with Gasteiger partial charge in [-0.15, -0.1) is 0 Å². The van der Waals surface area contributed by atoms with Crippen LogP contribution < -0.4 is 0 Å². The Kier molecular flexibility index (Phi) is 3.09. The summed E-state index contributed by atoms with van der Waals surface area (Å²) in [5.41, 5.74) is 2.68. The molecule has 0 saturated carbocycles. The van der Waals surface area contributed by atoms with E-state index in [1.54, 1.807) is 0 Å². The van der Waals surface area contributed by atoms with Crippen LogP contribution in [-0.2, 0) is 0 Å². The van der Waals surface area contributed by atoms with Crippen LogP contribution >= 0.6 is 0 Å². The van der Waals surface area contributed by atoms with Gasteiger partial charge in [-0.2, -0.15) is 0 Å². The summed E-state index contributed by atoms with van der Waals surface area (Å²) in [7, 11) is 0. The average Bonchev–Trinajstić information content (AvgIpc) is 2.16. The lowest BCUT2D eigenvalue weighted by atomic mass is 9.94. The summed E-state index contributed by atoms with van der Waals surface area (Å²) >= 11 is 0. The molecule has 0 saturated heterocycles. The zero-order valence-corrected chi connectivity index (χ0v) is 7.88. The maximum atomic E-state index is 3.81. The van der Waals surface area contributed by atoms with Gasteiger partial charge in [0.15, 0.2) is 0 Å². The SMILES string of the molecule is C=Cc1ccccc1C(C)CC. The third kappa shape index (κ3) is 1.76. The van der Waals surface area contributed by atoms with E-state index in [1.165, 1.54) is 17.5 Å². The van der Waals surface area contributed by atoms with Crippen molar-refractivity contribution in [3.05, 3.63) is 42.0 Å². The smallest absolute Gasteiger partial charge is 0.0187 e. The van der Waals surface area contributed by atoms with Crippen LogP contribution in [0.5, 0.6) is 0 Å².